The Kier molecular flexibility index (Phi) is 5.19. The molecule has 9 heteroatoms. The molecule has 3 aromatic rings. The Morgan fingerprint density at radius 1 is 1.15 bits per heavy atom. The fourth-order valence-electron chi connectivity index (χ4n) is 2.39. The molecule has 3 rings (SSSR count). The van der Waals surface area contributed by atoms with Crippen molar-refractivity contribution in [1.29, 1.82) is 0 Å². The number of thiophene rings is 1. The molecule has 0 aliphatic carbocycles. The van der Waals surface area contributed by atoms with Crippen LogP contribution in [-0.4, -0.2) is 27.8 Å². The van der Waals surface area contributed by atoms with Crippen LogP contribution < -0.4 is 14.2 Å². The lowest BCUT2D eigenvalue weighted by atomic mass is 10.1. The highest BCUT2D eigenvalue weighted by Gasteiger charge is 2.22. The molecule has 0 radical (unpaired) electrons. The van der Waals surface area contributed by atoms with Crippen LogP contribution in [0, 0.1) is 0 Å². The van der Waals surface area contributed by atoms with E-state index in [9.17, 15) is 8.42 Å². The fraction of sp³-hybridized carbons (Fsp3) is 0.235. The average molecular weight is 394 g/mol. The highest BCUT2D eigenvalue weighted by Crippen LogP contribution is 2.36. The minimum absolute atomic E-state index is 0.0451. The largest absolute Gasteiger partial charge is 0.493 e. The molecule has 1 N–H and O–H groups in total. The zero-order valence-electron chi connectivity index (χ0n) is 14.5. The number of hydrogen-bond donors (Lipinski definition) is 1. The van der Waals surface area contributed by atoms with E-state index in [2.05, 4.69) is 9.88 Å². The summed E-state index contributed by atoms with van der Waals surface area (Å²) in [5.41, 5.74) is 1.18. The normalized spacial score (nSPS) is 11.3. The van der Waals surface area contributed by atoms with Crippen molar-refractivity contribution in [3.05, 3.63) is 41.4 Å². The highest BCUT2D eigenvalue weighted by molar-refractivity contribution is 7.94. The van der Waals surface area contributed by atoms with Crippen LogP contribution in [-0.2, 0) is 16.4 Å². The standard InChI is InChI=1S/C17H18N2O5S2/c1-4-12-6-8-16(25-12)26(20,21)19-17-13(10-18-24-17)11-5-7-14(22-2)15(9-11)23-3/h5-10,19H,4H2,1-3H3. The zero-order chi connectivity index (χ0) is 18.7. The molecule has 2 heterocycles. The first-order chi connectivity index (χ1) is 12.5. The first-order valence-corrected chi connectivity index (χ1v) is 10.1. The Bertz CT molecular complexity index is 1010. The molecule has 0 saturated heterocycles. The summed E-state index contributed by atoms with van der Waals surface area (Å²) >= 11 is 1.23. The van der Waals surface area contributed by atoms with Crippen molar-refractivity contribution in [2.45, 2.75) is 17.6 Å². The maximum atomic E-state index is 12.6. The number of nitrogens with zero attached hydrogens (tertiary/aromatic N) is 1. The van der Waals surface area contributed by atoms with Crippen LogP contribution in [0.5, 0.6) is 11.5 Å². The lowest BCUT2D eigenvalue weighted by Gasteiger charge is -2.09. The first kappa shape index (κ1) is 18.3. The second-order valence-electron chi connectivity index (χ2n) is 5.32. The Balaban J connectivity index is 1.94. The summed E-state index contributed by atoms with van der Waals surface area (Å²) in [5, 5.41) is 3.73. The van der Waals surface area contributed by atoms with Gasteiger partial charge in [0.15, 0.2) is 11.5 Å². The third kappa shape index (κ3) is 3.54. The van der Waals surface area contributed by atoms with Crippen molar-refractivity contribution >= 4 is 27.2 Å². The van der Waals surface area contributed by atoms with E-state index in [0.29, 0.717) is 22.6 Å². The first-order valence-electron chi connectivity index (χ1n) is 7.77. The number of hydrogen-bond acceptors (Lipinski definition) is 7. The second-order valence-corrected chi connectivity index (χ2v) is 8.40. The molecule has 0 saturated carbocycles. The van der Waals surface area contributed by atoms with Gasteiger partial charge >= 0.3 is 0 Å². The van der Waals surface area contributed by atoms with Crippen molar-refractivity contribution in [2.75, 3.05) is 18.9 Å². The van der Waals surface area contributed by atoms with E-state index in [4.69, 9.17) is 14.0 Å². The van der Waals surface area contributed by atoms with E-state index in [1.807, 2.05) is 6.92 Å². The molecule has 2 aromatic heterocycles. The Hall–Kier alpha value is -2.52. The summed E-state index contributed by atoms with van der Waals surface area (Å²) in [6, 6.07) is 8.61. The summed E-state index contributed by atoms with van der Waals surface area (Å²) in [4.78, 5) is 0.989. The molecule has 0 aliphatic heterocycles. The predicted molar refractivity (Wildman–Crippen MR) is 99.5 cm³/mol. The van der Waals surface area contributed by atoms with E-state index in [-0.39, 0.29) is 10.1 Å². The molecule has 26 heavy (non-hydrogen) atoms. The predicted octanol–water partition coefficient (Wildman–Crippen LogP) is 3.78. The summed E-state index contributed by atoms with van der Waals surface area (Å²) in [6.45, 7) is 1.97. The minimum Gasteiger partial charge on any atom is -0.493 e. The van der Waals surface area contributed by atoms with E-state index >= 15 is 0 Å². The van der Waals surface area contributed by atoms with Gasteiger partial charge in [0.1, 0.15) is 4.21 Å². The SMILES string of the molecule is CCc1ccc(S(=O)(=O)Nc2oncc2-c2ccc(OC)c(OC)c2)s1. The monoisotopic (exact) mass is 394 g/mol. The van der Waals surface area contributed by atoms with Gasteiger partial charge in [0.05, 0.1) is 26.0 Å². The molecule has 0 aliphatic rings. The van der Waals surface area contributed by atoms with Crippen LogP contribution >= 0.6 is 11.3 Å². The van der Waals surface area contributed by atoms with Crippen LogP contribution in [0.1, 0.15) is 11.8 Å². The van der Waals surface area contributed by atoms with Crippen molar-refractivity contribution in [2.24, 2.45) is 0 Å². The van der Waals surface area contributed by atoms with Gasteiger partial charge < -0.3 is 14.0 Å². The van der Waals surface area contributed by atoms with Crippen molar-refractivity contribution in [1.82, 2.24) is 5.16 Å². The smallest absolute Gasteiger partial charge is 0.273 e. The molecule has 0 atom stereocenters. The Morgan fingerprint density at radius 3 is 2.58 bits per heavy atom. The van der Waals surface area contributed by atoms with E-state index < -0.39 is 10.0 Å². The van der Waals surface area contributed by atoms with Crippen LogP contribution in [0.4, 0.5) is 5.88 Å². The van der Waals surface area contributed by atoms with Crippen LogP contribution in [0.25, 0.3) is 11.1 Å². The van der Waals surface area contributed by atoms with Gasteiger partial charge in [-0.25, -0.2) is 13.1 Å². The molecule has 1 aromatic carbocycles. The quantitative estimate of drug-likeness (QED) is 0.656. The molecule has 0 fully saturated rings. The maximum absolute atomic E-state index is 12.6. The van der Waals surface area contributed by atoms with E-state index in [1.54, 1.807) is 37.4 Å². The number of aryl methyl sites for hydroxylation is 1. The van der Waals surface area contributed by atoms with Crippen molar-refractivity contribution < 1.29 is 22.4 Å². The highest BCUT2D eigenvalue weighted by atomic mass is 32.2. The van der Waals surface area contributed by atoms with Crippen LogP contribution in [0.3, 0.4) is 0 Å². The van der Waals surface area contributed by atoms with Crippen molar-refractivity contribution in [3.8, 4) is 22.6 Å². The number of sulfonamides is 1. The molecule has 138 valence electrons. The lowest BCUT2D eigenvalue weighted by molar-refractivity contribution is 0.355. The van der Waals surface area contributed by atoms with Gasteiger partial charge in [-0.2, -0.15) is 0 Å². The number of anilines is 1. The molecular weight excluding hydrogens is 376 g/mol. The van der Waals surface area contributed by atoms with Gasteiger partial charge in [-0.3, -0.25) is 0 Å². The molecular formula is C17H18N2O5S2. The van der Waals surface area contributed by atoms with Crippen LogP contribution in [0.15, 0.2) is 45.3 Å². The summed E-state index contributed by atoms with van der Waals surface area (Å²) in [6.07, 6.45) is 2.23. The number of methoxy groups -OCH3 is 2. The van der Waals surface area contributed by atoms with E-state index in [1.165, 1.54) is 24.6 Å². The van der Waals surface area contributed by atoms with Crippen LogP contribution in [0.2, 0.25) is 0 Å². The summed E-state index contributed by atoms with van der Waals surface area (Å²) in [7, 11) is -0.680. The molecule has 0 bridgehead atoms. The number of ether oxygens (including phenoxy) is 2. The number of aromatic nitrogens is 1. The topological polar surface area (TPSA) is 90.7 Å². The lowest BCUT2D eigenvalue weighted by Crippen LogP contribution is -2.11. The average Bonchev–Trinajstić information content (AvgIpc) is 3.30. The Morgan fingerprint density at radius 2 is 1.92 bits per heavy atom. The molecule has 7 nitrogen and oxygen atoms in total. The number of rotatable bonds is 7. The molecule has 0 unspecified atom stereocenters. The maximum Gasteiger partial charge on any atom is 0.273 e. The molecule has 0 amide bonds. The van der Waals surface area contributed by atoms with Gasteiger partial charge in [0.2, 0.25) is 5.88 Å². The van der Waals surface area contributed by atoms with Gasteiger partial charge in [-0.1, -0.05) is 18.1 Å². The minimum atomic E-state index is -3.75. The zero-order valence-corrected chi connectivity index (χ0v) is 16.1. The summed E-state index contributed by atoms with van der Waals surface area (Å²) < 4.78 is 43.5. The summed E-state index contributed by atoms with van der Waals surface area (Å²) in [5.74, 6) is 1.13. The van der Waals surface area contributed by atoms with Gasteiger partial charge in [0.25, 0.3) is 10.0 Å². The Labute approximate surface area is 155 Å². The third-order valence-electron chi connectivity index (χ3n) is 3.74. The number of benzene rings is 1. The third-order valence-corrected chi connectivity index (χ3v) is 6.79. The van der Waals surface area contributed by atoms with Gasteiger partial charge in [-0.05, 0) is 36.2 Å². The molecule has 0 spiro atoms. The fourth-order valence-corrected chi connectivity index (χ4v) is 4.69. The number of nitrogens with one attached hydrogen (secondary N) is 1. The van der Waals surface area contributed by atoms with Gasteiger partial charge in [0, 0.05) is 4.88 Å². The van der Waals surface area contributed by atoms with E-state index in [0.717, 1.165) is 11.3 Å². The second kappa shape index (κ2) is 7.38. The van der Waals surface area contributed by atoms with Gasteiger partial charge in [-0.15, -0.1) is 11.3 Å². The van der Waals surface area contributed by atoms with Crippen molar-refractivity contribution in [3.63, 3.8) is 0 Å².